The van der Waals surface area contributed by atoms with Gasteiger partial charge in [-0.2, -0.15) is 4.99 Å². The number of halogens is 1. The van der Waals surface area contributed by atoms with Crippen LogP contribution in [0, 0.1) is 0 Å². The number of carboxylic acid groups (broad SMARTS) is 1. The van der Waals surface area contributed by atoms with Gasteiger partial charge in [-0.3, -0.25) is 4.98 Å². The molecule has 3 N–H and O–H groups in total. The van der Waals surface area contributed by atoms with Crippen LogP contribution in [-0.4, -0.2) is 73.8 Å². The molecule has 0 bridgehead atoms. The highest BCUT2D eigenvalue weighted by Gasteiger charge is 2.20. The highest BCUT2D eigenvalue weighted by atomic mass is 35.5. The van der Waals surface area contributed by atoms with Crippen LogP contribution in [-0.2, 0) is 7.05 Å². The van der Waals surface area contributed by atoms with Crippen LogP contribution in [0.4, 0.5) is 10.7 Å². The van der Waals surface area contributed by atoms with Crippen LogP contribution in [0.1, 0.15) is 5.69 Å². The van der Waals surface area contributed by atoms with Crippen LogP contribution in [0.5, 0.6) is 0 Å². The summed E-state index contributed by atoms with van der Waals surface area (Å²) in [6, 6.07) is 3.36. The van der Waals surface area contributed by atoms with Crippen molar-refractivity contribution in [3.8, 4) is 11.3 Å². The average molecular weight is 489 g/mol. The van der Waals surface area contributed by atoms with Gasteiger partial charge in [0.1, 0.15) is 5.69 Å². The Morgan fingerprint density at radius 3 is 2.76 bits per heavy atom. The first-order valence-corrected chi connectivity index (χ1v) is 11.5. The molecular weight excluding hydrogens is 464 g/mol. The first kappa shape index (κ1) is 24.5. The summed E-state index contributed by atoms with van der Waals surface area (Å²) in [7, 11) is 3.86. The molecule has 1 amide bonds. The van der Waals surface area contributed by atoms with E-state index >= 15 is 0 Å². The van der Waals surface area contributed by atoms with Crippen molar-refractivity contribution in [1.29, 1.82) is 0 Å². The molecular formula is C21H25ClN8O2S. The summed E-state index contributed by atoms with van der Waals surface area (Å²) >= 11 is 7.82. The van der Waals surface area contributed by atoms with E-state index in [0.29, 0.717) is 27.7 Å². The molecule has 0 fully saturated rings. The molecule has 12 heteroatoms. The summed E-state index contributed by atoms with van der Waals surface area (Å²) in [6.07, 6.45) is 5.65. The van der Waals surface area contributed by atoms with Crippen LogP contribution in [0.3, 0.4) is 0 Å². The molecule has 10 nitrogen and oxygen atoms in total. The first-order valence-electron chi connectivity index (χ1n) is 9.92. The predicted molar refractivity (Wildman–Crippen MR) is 134 cm³/mol. The lowest BCUT2D eigenvalue weighted by molar-refractivity contribution is 0.205. The number of hydrogen-bond acceptors (Lipinski definition) is 7. The fourth-order valence-electron chi connectivity index (χ4n) is 3.36. The number of hydrogen-bond donors (Lipinski definition) is 2. The Bertz CT molecular complexity index is 1210. The number of nitrogens with zero attached hydrogens (tertiary/aromatic N) is 7. The number of nitrogens with two attached hydrogens (primary N) is 1. The Hall–Kier alpha value is -3.15. The molecule has 174 valence electrons. The van der Waals surface area contributed by atoms with E-state index in [9.17, 15) is 4.79 Å². The van der Waals surface area contributed by atoms with E-state index in [4.69, 9.17) is 27.4 Å². The topological polar surface area (TPSA) is 126 Å². The van der Waals surface area contributed by atoms with E-state index in [1.807, 2.05) is 35.9 Å². The maximum atomic E-state index is 11.0. The molecule has 0 saturated carbocycles. The van der Waals surface area contributed by atoms with Crippen molar-refractivity contribution in [3.05, 3.63) is 47.9 Å². The summed E-state index contributed by atoms with van der Waals surface area (Å²) in [5.74, 6) is 0.495. The van der Waals surface area contributed by atoms with Crippen molar-refractivity contribution in [3.63, 3.8) is 0 Å². The molecule has 33 heavy (non-hydrogen) atoms. The van der Waals surface area contributed by atoms with Gasteiger partial charge in [0.2, 0.25) is 5.95 Å². The molecule has 3 heterocycles. The molecule has 0 unspecified atom stereocenters. The van der Waals surface area contributed by atoms with Crippen LogP contribution in [0.15, 0.2) is 42.2 Å². The molecule has 0 atom stereocenters. The minimum absolute atomic E-state index is 0.201. The number of anilines is 1. The number of aromatic nitrogens is 4. The van der Waals surface area contributed by atoms with Crippen molar-refractivity contribution in [1.82, 2.24) is 23.8 Å². The number of imidazole rings is 1. The molecule has 0 aliphatic heterocycles. The maximum absolute atomic E-state index is 11.0. The Morgan fingerprint density at radius 2 is 2.12 bits per heavy atom. The zero-order chi connectivity index (χ0) is 24.1. The van der Waals surface area contributed by atoms with E-state index in [1.54, 1.807) is 30.3 Å². The van der Waals surface area contributed by atoms with Gasteiger partial charge in [-0.05, 0) is 18.4 Å². The molecule has 0 saturated heterocycles. The molecule has 0 aliphatic carbocycles. The number of pyridine rings is 2. The normalized spacial score (nSPS) is 11.8. The van der Waals surface area contributed by atoms with Gasteiger partial charge in [-0.1, -0.05) is 29.6 Å². The number of likely N-dealkylation sites (N-methyl/N-ethyl adjacent to an activating group) is 1. The third kappa shape index (κ3) is 5.62. The average Bonchev–Trinajstić information content (AvgIpc) is 3.12. The second kappa shape index (κ2) is 10.6. The minimum Gasteiger partial charge on any atom is -0.463 e. The summed E-state index contributed by atoms with van der Waals surface area (Å²) in [4.78, 5) is 30.0. The molecule has 3 rings (SSSR count). The quantitative estimate of drug-likeness (QED) is 0.202. The van der Waals surface area contributed by atoms with Gasteiger partial charge in [-0.25, -0.2) is 19.1 Å². The highest BCUT2D eigenvalue weighted by molar-refractivity contribution is 7.96. The van der Waals surface area contributed by atoms with Crippen LogP contribution in [0.2, 0.25) is 5.02 Å². The van der Waals surface area contributed by atoms with Gasteiger partial charge in [-0.15, -0.1) is 6.58 Å². The molecule has 3 aromatic heterocycles. The van der Waals surface area contributed by atoms with E-state index < -0.39 is 6.09 Å². The third-order valence-corrected chi connectivity index (χ3v) is 5.96. The SMILES string of the molecule is C=CCN(CCN(C)c1nc2cc(/C(N)=N/C(=O)O)nc(-c3cncc(Cl)c3)c2n1C)SC. The monoisotopic (exact) mass is 488 g/mol. The van der Waals surface area contributed by atoms with Crippen molar-refractivity contribution in [2.24, 2.45) is 17.8 Å². The van der Waals surface area contributed by atoms with Crippen molar-refractivity contribution in [2.75, 3.05) is 37.8 Å². The van der Waals surface area contributed by atoms with Crippen molar-refractivity contribution in [2.45, 2.75) is 0 Å². The Balaban J connectivity index is 2.12. The third-order valence-electron chi connectivity index (χ3n) is 4.90. The first-order chi connectivity index (χ1) is 15.7. The van der Waals surface area contributed by atoms with Gasteiger partial charge >= 0.3 is 6.09 Å². The fraction of sp³-hybridized carbons (Fsp3) is 0.286. The van der Waals surface area contributed by atoms with E-state index in [-0.39, 0.29) is 11.5 Å². The minimum atomic E-state index is -1.40. The fourth-order valence-corrected chi connectivity index (χ4v) is 4.05. The van der Waals surface area contributed by atoms with Crippen LogP contribution >= 0.6 is 23.5 Å². The summed E-state index contributed by atoms with van der Waals surface area (Å²) in [6.45, 7) is 6.11. The summed E-state index contributed by atoms with van der Waals surface area (Å²) in [5, 5.41) is 9.45. The lowest BCUT2D eigenvalue weighted by atomic mass is 10.1. The molecule has 0 spiro atoms. The zero-order valence-corrected chi connectivity index (χ0v) is 20.1. The number of carbonyl (C=O) groups is 1. The van der Waals surface area contributed by atoms with E-state index in [2.05, 4.69) is 25.8 Å². The van der Waals surface area contributed by atoms with Gasteiger partial charge in [0.25, 0.3) is 0 Å². The number of fused-ring (bicyclic) bond motifs is 1. The van der Waals surface area contributed by atoms with Crippen LogP contribution < -0.4 is 10.6 Å². The van der Waals surface area contributed by atoms with Crippen molar-refractivity contribution >= 4 is 52.5 Å². The van der Waals surface area contributed by atoms with Gasteiger partial charge in [0.15, 0.2) is 5.84 Å². The van der Waals surface area contributed by atoms with Gasteiger partial charge < -0.3 is 20.3 Å². The number of amidine groups is 1. The summed E-state index contributed by atoms with van der Waals surface area (Å²) < 4.78 is 4.13. The largest absolute Gasteiger partial charge is 0.463 e. The highest BCUT2D eigenvalue weighted by Crippen LogP contribution is 2.31. The second-order valence-electron chi connectivity index (χ2n) is 7.15. The lowest BCUT2D eigenvalue weighted by Crippen LogP contribution is -2.30. The van der Waals surface area contributed by atoms with E-state index in [0.717, 1.165) is 25.2 Å². The standard InChI is InChI=1S/C21H25ClN8O2S/c1-5-6-30(33-4)8-7-28(2)20-26-15-10-16(19(23)27-21(31)32)25-17(18(15)29(20)3)13-9-14(22)12-24-11-13/h5,9-12H,1,6-8H2,2-4H3,(H2,23,27)(H,31,32). The smallest absolute Gasteiger partial charge is 0.433 e. The number of rotatable bonds is 9. The summed E-state index contributed by atoms with van der Waals surface area (Å²) in [5.41, 5.74) is 8.60. The van der Waals surface area contributed by atoms with Gasteiger partial charge in [0, 0.05) is 51.7 Å². The number of amides is 1. The molecule has 3 aromatic rings. The number of aryl methyl sites for hydroxylation is 1. The molecule has 0 aliphatic rings. The predicted octanol–water partition coefficient (Wildman–Crippen LogP) is 3.27. The molecule has 0 radical (unpaired) electrons. The van der Waals surface area contributed by atoms with Crippen molar-refractivity contribution < 1.29 is 9.90 Å². The van der Waals surface area contributed by atoms with Gasteiger partial charge in [0.05, 0.1) is 21.7 Å². The van der Waals surface area contributed by atoms with E-state index in [1.165, 1.54) is 6.20 Å². The maximum Gasteiger partial charge on any atom is 0.433 e. The Labute approximate surface area is 200 Å². The van der Waals surface area contributed by atoms with Crippen LogP contribution in [0.25, 0.3) is 22.3 Å². The molecule has 0 aromatic carbocycles. The Morgan fingerprint density at radius 1 is 1.36 bits per heavy atom. The zero-order valence-electron chi connectivity index (χ0n) is 18.6. The second-order valence-corrected chi connectivity index (χ2v) is 8.46. The lowest BCUT2D eigenvalue weighted by Gasteiger charge is -2.23. The number of aliphatic imine (C=N–C) groups is 1. The Kier molecular flexibility index (Phi) is 7.90.